The second kappa shape index (κ2) is 10.6. The lowest BCUT2D eigenvalue weighted by Crippen LogP contribution is -2.33. The van der Waals surface area contributed by atoms with Gasteiger partial charge in [-0.25, -0.2) is 13.2 Å². The molecule has 0 spiro atoms. The van der Waals surface area contributed by atoms with E-state index in [-0.39, 0.29) is 35.9 Å². The first-order valence-corrected chi connectivity index (χ1v) is 10.7. The van der Waals surface area contributed by atoms with E-state index in [9.17, 15) is 18.0 Å². The Balaban J connectivity index is 0.00000306. The molecule has 4 rings (SSSR count). The summed E-state index contributed by atoms with van der Waals surface area (Å²) < 4.78 is 41.7. The van der Waals surface area contributed by atoms with E-state index >= 15 is 0 Å². The summed E-state index contributed by atoms with van der Waals surface area (Å²) in [6.45, 7) is 2.40. The molecule has 1 aliphatic rings. The Morgan fingerprint density at radius 2 is 1.73 bits per heavy atom. The molecule has 0 aromatic heterocycles. The SMILES string of the molecule is Cc1c(F)c(F)cc(C2=CCN(CC(=O)c3ccc(-c4cccc(Cl)c4)cc3)CC2)c1F.Cl. The zero-order chi connectivity index (χ0) is 22.8. The zero-order valence-electron chi connectivity index (χ0n) is 17.9. The predicted molar refractivity (Wildman–Crippen MR) is 129 cm³/mol. The van der Waals surface area contributed by atoms with Crippen molar-refractivity contribution in [3.05, 3.63) is 99.8 Å². The van der Waals surface area contributed by atoms with Gasteiger partial charge in [-0.2, -0.15) is 0 Å². The van der Waals surface area contributed by atoms with Crippen molar-refractivity contribution in [3.63, 3.8) is 0 Å². The van der Waals surface area contributed by atoms with Crippen LogP contribution in [0.25, 0.3) is 16.7 Å². The minimum atomic E-state index is -1.16. The van der Waals surface area contributed by atoms with Crippen LogP contribution in [-0.2, 0) is 0 Å². The molecule has 0 saturated heterocycles. The molecule has 7 heteroatoms. The van der Waals surface area contributed by atoms with E-state index in [0.717, 1.165) is 17.2 Å². The molecular weight excluding hydrogens is 470 g/mol. The van der Waals surface area contributed by atoms with Crippen LogP contribution in [0.1, 0.15) is 27.9 Å². The number of carbonyl (C=O) groups excluding carboxylic acids is 1. The minimum Gasteiger partial charge on any atom is -0.293 e. The second-order valence-electron chi connectivity index (χ2n) is 7.88. The molecule has 0 aliphatic carbocycles. The molecular formula is C26H22Cl2F3NO. The average Bonchev–Trinajstić information content (AvgIpc) is 2.81. The maximum Gasteiger partial charge on any atom is 0.176 e. The van der Waals surface area contributed by atoms with Gasteiger partial charge in [0.2, 0.25) is 0 Å². The summed E-state index contributed by atoms with van der Waals surface area (Å²) in [5.74, 6) is -2.97. The summed E-state index contributed by atoms with van der Waals surface area (Å²) in [7, 11) is 0. The van der Waals surface area contributed by atoms with E-state index in [1.54, 1.807) is 18.2 Å². The fraction of sp³-hybridized carbons (Fsp3) is 0.192. The number of rotatable bonds is 5. The zero-order valence-corrected chi connectivity index (χ0v) is 19.4. The molecule has 33 heavy (non-hydrogen) atoms. The number of hydrogen-bond acceptors (Lipinski definition) is 2. The van der Waals surface area contributed by atoms with Crippen LogP contribution in [-0.4, -0.2) is 30.3 Å². The van der Waals surface area contributed by atoms with Crippen LogP contribution >= 0.6 is 24.0 Å². The van der Waals surface area contributed by atoms with Crippen molar-refractivity contribution in [3.8, 4) is 11.1 Å². The lowest BCUT2D eigenvalue weighted by atomic mass is 9.96. The average molecular weight is 492 g/mol. The maximum absolute atomic E-state index is 14.4. The summed E-state index contributed by atoms with van der Waals surface area (Å²) >= 11 is 6.04. The fourth-order valence-corrected chi connectivity index (χ4v) is 4.07. The first kappa shape index (κ1) is 25.0. The summed E-state index contributed by atoms with van der Waals surface area (Å²) in [6.07, 6.45) is 2.22. The lowest BCUT2D eigenvalue weighted by molar-refractivity contribution is 0.0937. The van der Waals surface area contributed by atoms with Gasteiger partial charge in [0.1, 0.15) is 5.82 Å². The molecule has 0 saturated carbocycles. The highest BCUT2D eigenvalue weighted by Crippen LogP contribution is 2.29. The van der Waals surface area contributed by atoms with Crippen LogP contribution in [0, 0.1) is 24.4 Å². The first-order chi connectivity index (χ1) is 15.3. The summed E-state index contributed by atoms with van der Waals surface area (Å²) in [4.78, 5) is 14.7. The first-order valence-electron chi connectivity index (χ1n) is 10.3. The maximum atomic E-state index is 14.4. The van der Waals surface area contributed by atoms with Gasteiger partial charge in [0, 0.05) is 34.8 Å². The number of halogens is 5. The molecule has 0 unspecified atom stereocenters. The van der Waals surface area contributed by atoms with Gasteiger partial charge in [-0.3, -0.25) is 9.69 Å². The van der Waals surface area contributed by atoms with Gasteiger partial charge in [0.25, 0.3) is 0 Å². The normalized spacial score (nSPS) is 13.9. The van der Waals surface area contributed by atoms with Crippen molar-refractivity contribution in [1.29, 1.82) is 0 Å². The number of ketones is 1. The van der Waals surface area contributed by atoms with Crippen LogP contribution in [0.5, 0.6) is 0 Å². The van der Waals surface area contributed by atoms with Crippen LogP contribution in [0.2, 0.25) is 5.02 Å². The van der Waals surface area contributed by atoms with E-state index in [0.29, 0.717) is 35.7 Å². The quantitative estimate of drug-likeness (QED) is 0.279. The van der Waals surface area contributed by atoms with Gasteiger partial charge in [0.05, 0.1) is 6.54 Å². The van der Waals surface area contributed by atoms with Crippen molar-refractivity contribution in [2.45, 2.75) is 13.3 Å². The van der Waals surface area contributed by atoms with E-state index in [1.807, 2.05) is 41.3 Å². The predicted octanol–water partition coefficient (Wildman–Crippen LogP) is 7.13. The largest absolute Gasteiger partial charge is 0.293 e. The van der Waals surface area contributed by atoms with Crippen LogP contribution in [0.3, 0.4) is 0 Å². The van der Waals surface area contributed by atoms with E-state index < -0.39 is 17.5 Å². The number of hydrogen-bond donors (Lipinski definition) is 0. The lowest BCUT2D eigenvalue weighted by Gasteiger charge is -2.26. The molecule has 0 radical (unpaired) electrons. The van der Waals surface area contributed by atoms with E-state index in [4.69, 9.17) is 11.6 Å². The Morgan fingerprint density at radius 1 is 1.00 bits per heavy atom. The minimum absolute atomic E-state index is 0. The number of nitrogens with zero attached hydrogens (tertiary/aromatic N) is 1. The number of carbonyl (C=O) groups is 1. The molecule has 3 aromatic carbocycles. The number of benzene rings is 3. The molecule has 0 fully saturated rings. The Hall–Kier alpha value is -2.60. The van der Waals surface area contributed by atoms with Crippen molar-refractivity contribution < 1.29 is 18.0 Å². The fourth-order valence-electron chi connectivity index (χ4n) is 3.88. The van der Waals surface area contributed by atoms with Gasteiger partial charge in [0.15, 0.2) is 17.4 Å². The van der Waals surface area contributed by atoms with Gasteiger partial charge < -0.3 is 0 Å². The van der Waals surface area contributed by atoms with Crippen molar-refractivity contribution in [2.24, 2.45) is 0 Å². The van der Waals surface area contributed by atoms with Gasteiger partial charge >= 0.3 is 0 Å². The molecule has 3 aromatic rings. The number of Topliss-reactive ketones (excluding diaryl/α,β-unsaturated/α-hetero) is 1. The third-order valence-electron chi connectivity index (χ3n) is 5.75. The van der Waals surface area contributed by atoms with Crippen LogP contribution in [0.4, 0.5) is 13.2 Å². The molecule has 0 amide bonds. The van der Waals surface area contributed by atoms with Crippen molar-refractivity contribution in [1.82, 2.24) is 4.90 Å². The molecule has 1 heterocycles. The summed E-state index contributed by atoms with van der Waals surface area (Å²) in [6, 6.07) is 15.8. The standard InChI is InChI=1S/C26H21ClF3NO.ClH/c1-16-25(29)22(14-23(28)26(16)30)18-9-11-31(12-10-18)15-24(32)19-7-5-17(6-8-19)20-3-2-4-21(27)13-20;/h2-9,13-14H,10-12,15H2,1H3;1H. The second-order valence-corrected chi connectivity index (χ2v) is 8.32. The third kappa shape index (κ3) is 5.49. The van der Waals surface area contributed by atoms with Gasteiger partial charge in [-0.1, -0.05) is 54.1 Å². The summed E-state index contributed by atoms with van der Waals surface area (Å²) in [5, 5.41) is 0.651. The highest BCUT2D eigenvalue weighted by molar-refractivity contribution is 6.30. The highest BCUT2D eigenvalue weighted by atomic mass is 35.5. The Labute approximate surface area is 202 Å². The van der Waals surface area contributed by atoms with Gasteiger partial charge in [-0.15, -0.1) is 12.4 Å². The van der Waals surface area contributed by atoms with Crippen LogP contribution in [0.15, 0.2) is 60.7 Å². The Kier molecular flexibility index (Phi) is 8.01. The Bertz CT molecular complexity index is 1210. The van der Waals surface area contributed by atoms with Crippen LogP contribution < -0.4 is 0 Å². The molecule has 0 N–H and O–H groups in total. The Morgan fingerprint density at radius 3 is 2.36 bits per heavy atom. The molecule has 172 valence electrons. The molecule has 2 nitrogen and oxygen atoms in total. The molecule has 0 atom stereocenters. The van der Waals surface area contributed by atoms with Crippen molar-refractivity contribution >= 4 is 35.4 Å². The summed E-state index contributed by atoms with van der Waals surface area (Å²) in [5.41, 5.74) is 2.94. The smallest absolute Gasteiger partial charge is 0.176 e. The van der Waals surface area contributed by atoms with E-state index in [1.165, 1.54) is 6.92 Å². The van der Waals surface area contributed by atoms with Crippen molar-refractivity contribution in [2.75, 3.05) is 19.6 Å². The topological polar surface area (TPSA) is 20.3 Å². The molecule has 1 aliphatic heterocycles. The van der Waals surface area contributed by atoms with Gasteiger partial charge in [-0.05, 0) is 48.2 Å². The van der Waals surface area contributed by atoms with E-state index in [2.05, 4.69) is 0 Å². The molecule has 0 bridgehead atoms. The highest BCUT2D eigenvalue weighted by Gasteiger charge is 2.22. The third-order valence-corrected chi connectivity index (χ3v) is 5.98. The monoisotopic (exact) mass is 491 g/mol.